The number of hydrogen-bond acceptors (Lipinski definition) is 2. The van der Waals surface area contributed by atoms with Gasteiger partial charge in [-0.2, -0.15) is 0 Å². The Morgan fingerprint density at radius 3 is 2.43 bits per heavy atom. The average molecular weight is 256 g/mol. The number of rotatable bonds is 3. The Bertz CT molecular complexity index is 328. The zero-order chi connectivity index (χ0) is 10.7. The van der Waals surface area contributed by atoms with Gasteiger partial charge in [-0.15, -0.1) is 0 Å². The molecule has 78 valence electrons. The van der Waals surface area contributed by atoms with Gasteiger partial charge in [-0.05, 0) is 12.1 Å². The van der Waals surface area contributed by atoms with Crippen molar-refractivity contribution in [1.82, 2.24) is 0 Å². The summed E-state index contributed by atoms with van der Waals surface area (Å²) in [5, 5.41) is 10.2. The van der Waals surface area contributed by atoms with Crippen LogP contribution in [-0.2, 0) is 0 Å². The zero-order valence-electron chi connectivity index (χ0n) is 7.43. The maximum atomic E-state index is 9.27. The number of aliphatic hydroxyl groups excluding tert-OH is 1. The van der Waals surface area contributed by atoms with Crippen molar-refractivity contribution in [3.05, 3.63) is 27.2 Å². The molecule has 0 spiro atoms. The lowest BCUT2D eigenvalue weighted by Gasteiger charge is -2.14. The van der Waals surface area contributed by atoms with Crippen LogP contribution in [0.2, 0.25) is 15.1 Å². The third kappa shape index (κ3) is 2.67. The number of aliphatic hydroxyl groups is 1. The molecule has 14 heavy (non-hydrogen) atoms. The minimum atomic E-state index is -0.927. The van der Waals surface area contributed by atoms with Crippen LogP contribution in [0.1, 0.15) is 13.3 Å². The number of ether oxygens (including phenoxy) is 1. The summed E-state index contributed by atoms with van der Waals surface area (Å²) in [6, 6.07) is 3.13. The molecule has 0 aliphatic heterocycles. The van der Waals surface area contributed by atoms with Crippen molar-refractivity contribution >= 4 is 34.8 Å². The van der Waals surface area contributed by atoms with E-state index in [1.54, 1.807) is 19.1 Å². The Labute approximate surface area is 97.3 Å². The van der Waals surface area contributed by atoms with Crippen molar-refractivity contribution in [1.29, 1.82) is 0 Å². The SMILES string of the molecule is CCC(O)Oc1c(Cl)ccc(Cl)c1Cl. The van der Waals surface area contributed by atoms with E-state index >= 15 is 0 Å². The molecule has 5 heteroatoms. The quantitative estimate of drug-likeness (QED) is 0.658. The topological polar surface area (TPSA) is 29.5 Å². The third-order valence-corrected chi connectivity index (χ3v) is 2.69. The summed E-state index contributed by atoms with van der Waals surface area (Å²) < 4.78 is 5.11. The molecule has 0 fully saturated rings. The monoisotopic (exact) mass is 254 g/mol. The van der Waals surface area contributed by atoms with Crippen molar-refractivity contribution in [2.45, 2.75) is 19.6 Å². The third-order valence-electron chi connectivity index (χ3n) is 1.61. The van der Waals surface area contributed by atoms with E-state index in [2.05, 4.69) is 0 Å². The second-order valence-corrected chi connectivity index (χ2v) is 3.85. The fourth-order valence-corrected chi connectivity index (χ4v) is 1.44. The van der Waals surface area contributed by atoms with E-state index in [4.69, 9.17) is 39.5 Å². The number of hydrogen-bond donors (Lipinski definition) is 1. The minimum absolute atomic E-state index is 0.215. The summed E-state index contributed by atoms with van der Waals surface area (Å²) in [5.41, 5.74) is 0. The molecule has 0 heterocycles. The number of halogens is 3. The normalized spacial score (nSPS) is 12.6. The maximum absolute atomic E-state index is 9.27. The highest BCUT2D eigenvalue weighted by Gasteiger charge is 2.13. The molecule has 0 saturated carbocycles. The summed E-state index contributed by atoms with van der Waals surface area (Å²) >= 11 is 17.4. The summed E-state index contributed by atoms with van der Waals surface area (Å²) in [4.78, 5) is 0. The van der Waals surface area contributed by atoms with Crippen LogP contribution in [0.3, 0.4) is 0 Å². The first kappa shape index (κ1) is 11.9. The predicted octanol–water partition coefficient (Wildman–Crippen LogP) is 3.75. The molecule has 1 aromatic rings. The van der Waals surface area contributed by atoms with Gasteiger partial charge in [0.25, 0.3) is 0 Å². The molecule has 0 amide bonds. The van der Waals surface area contributed by atoms with Crippen molar-refractivity contribution in [2.75, 3.05) is 0 Å². The first-order chi connectivity index (χ1) is 6.56. The highest BCUT2D eigenvalue weighted by molar-refractivity contribution is 6.44. The van der Waals surface area contributed by atoms with E-state index in [1.165, 1.54) is 0 Å². The summed E-state index contributed by atoms with van der Waals surface area (Å²) in [5.74, 6) is 0.218. The molecule has 0 aliphatic rings. The van der Waals surface area contributed by atoms with Crippen LogP contribution in [0.15, 0.2) is 12.1 Å². The molecule has 1 N–H and O–H groups in total. The van der Waals surface area contributed by atoms with Crippen LogP contribution >= 0.6 is 34.8 Å². The Morgan fingerprint density at radius 2 is 1.86 bits per heavy atom. The molecule has 2 nitrogen and oxygen atoms in total. The second kappa shape index (κ2) is 5.08. The summed E-state index contributed by atoms with van der Waals surface area (Å²) in [6.45, 7) is 1.77. The van der Waals surface area contributed by atoms with Gasteiger partial charge in [0.2, 0.25) is 0 Å². The fourth-order valence-electron chi connectivity index (χ4n) is 0.836. The van der Waals surface area contributed by atoms with Crippen molar-refractivity contribution in [3.8, 4) is 5.75 Å². The van der Waals surface area contributed by atoms with Crippen molar-refractivity contribution < 1.29 is 9.84 Å². The van der Waals surface area contributed by atoms with Gasteiger partial charge in [0, 0.05) is 6.42 Å². The van der Waals surface area contributed by atoms with Gasteiger partial charge in [0.05, 0.1) is 10.0 Å². The highest BCUT2D eigenvalue weighted by atomic mass is 35.5. The molecule has 1 aromatic carbocycles. The molecule has 0 bridgehead atoms. The van der Waals surface area contributed by atoms with Crippen LogP contribution < -0.4 is 4.74 Å². The summed E-state index contributed by atoms with van der Waals surface area (Å²) in [6.07, 6.45) is -0.484. The lowest BCUT2D eigenvalue weighted by atomic mass is 10.3. The summed E-state index contributed by atoms with van der Waals surface area (Å²) in [7, 11) is 0. The Hall–Kier alpha value is -0.150. The molecular formula is C9H9Cl3O2. The van der Waals surface area contributed by atoms with Gasteiger partial charge >= 0.3 is 0 Å². The van der Waals surface area contributed by atoms with Crippen LogP contribution in [-0.4, -0.2) is 11.4 Å². The van der Waals surface area contributed by atoms with Gasteiger partial charge in [-0.25, -0.2) is 0 Å². The molecule has 1 rings (SSSR count). The Morgan fingerprint density at radius 1 is 1.29 bits per heavy atom. The molecule has 1 unspecified atom stereocenters. The molecule has 1 atom stereocenters. The largest absolute Gasteiger partial charge is 0.462 e. The van der Waals surface area contributed by atoms with Crippen LogP contribution in [0.25, 0.3) is 0 Å². The predicted molar refractivity (Wildman–Crippen MR) is 58.4 cm³/mol. The highest BCUT2D eigenvalue weighted by Crippen LogP contribution is 2.38. The van der Waals surface area contributed by atoms with Gasteiger partial charge in [0.1, 0.15) is 5.02 Å². The second-order valence-electron chi connectivity index (χ2n) is 2.65. The van der Waals surface area contributed by atoms with Gasteiger partial charge in [-0.1, -0.05) is 41.7 Å². The standard InChI is InChI=1S/C9H9Cl3O2/c1-2-7(13)14-9-6(11)4-3-5(10)8(9)12/h3-4,7,13H,2H2,1H3. The molecular weight excluding hydrogens is 246 g/mol. The Balaban J connectivity index is 3.00. The molecule has 0 radical (unpaired) electrons. The van der Waals surface area contributed by atoms with E-state index in [1.807, 2.05) is 0 Å². The van der Waals surface area contributed by atoms with E-state index in [0.29, 0.717) is 16.5 Å². The van der Waals surface area contributed by atoms with Gasteiger partial charge < -0.3 is 9.84 Å². The van der Waals surface area contributed by atoms with E-state index in [9.17, 15) is 5.11 Å². The Kier molecular flexibility index (Phi) is 4.32. The first-order valence-corrected chi connectivity index (χ1v) is 5.17. The lowest BCUT2D eigenvalue weighted by molar-refractivity contribution is -0.0189. The van der Waals surface area contributed by atoms with Crippen molar-refractivity contribution in [2.24, 2.45) is 0 Å². The van der Waals surface area contributed by atoms with Gasteiger partial charge in [0.15, 0.2) is 12.0 Å². The fraction of sp³-hybridized carbons (Fsp3) is 0.333. The van der Waals surface area contributed by atoms with Crippen LogP contribution in [0.4, 0.5) is 0 Å². The zero-order valence-corrected chi connectivity index (χ0v) is 9.70. The lowest BCUT2D eigenvalue weighted by Crippen LogP contribution is -2.14. The first-order valence-electron chi connectivity index (χ1n) is 4.04. The minimum Gasteiger partial charge on any atom is -0.462 e. The van der Waals surface area contributed by atoms with Crippen molar-refractivity contribution in [3.63, 3.8) is 0 Å². The van der Waals surface area contributed by atoms with Crippen LogP contribution in [0.5, 0.6) is 5.75 Å². The average Bonchev–Trinajstić information content (AvgIpc) is 2.18. The molecule has 0 aliphatic carbocycles. The van der Waals surface area contributed by atoms with E-state index in [0.717, 1.165) is 0 Å². The molecule has 0 aromatic heterocycles. The smallest absolute Gasteiger partial charge is 0.197 e. The van der Waals surface area contributed by atoms with Gasteiger partial charge in [-0.3, -0.25) is 0 Å². The van der Waals surface area contributed by atoms with E-state index in [-0.39, 0.29) is 10.8 Å². The van der Waals surface area contributed by atoms with Crippen LogP contribution in [0, 0.1) is 0 Å². The van der Waals surface area contributed by atoms with E-state index < -0.39 is 6.29 Å². The maximum Gasteiger partial charge on any atom is 0.197 e. The molecule has 0 saturated heterocycles. The number of benzene rings is 1.